The molecule has 2 N–H and O–H groups in total. The van der Waals surface area contributed by atoms with Crippen molar-refractivity contribution in [3.63, 3.8) is 0 Å². The monoisotopic (exact) mass is 437 g/mol. The maximum absolute atomic E-state index is 11.7. The summed E-state index contributed by atoms with van der Waals surface area (Å²) >= 11 is 4.84. The van der Waals surface area contributed by atoms with E-state index >= 15 is 0 Å². The van der Waals surface area contributed by atoms with Gasteiger partial charge in [0.15, 0.2) is 0 Å². The van der Waals surface area contributed by atoms with Gasteiger partial charge >= 0.3 is 11.9 Å². The van der Waals surface area contributed by atoms with Gasteiger partial charge in [0.25, 0.3) is 0 Å². The van der Waals surface area contributed by atoms with Crippen LogP contribution in [0.1, 0.15) is 64.1 Å². The lowest BCUT2D eigenvalue weighted by Gasteiger charge is -2.20. The van der Waals surface area contributed by atoms with Crippen molar-refractivity contribution in [3.05, 3.63) is 38.3 Å². The van der Waals surface area contributed by atoms with Crippen molar-refractivity contribution in [1.29, 1.82) is 0 Å². The van der Waals surface area contributed by atoms with Gasteiger partial charge in [0, 0.05) is 5.56 Å². The molecule has 1 aromatic carbocycles. The van der Waals surface area contributed by atoms with Gasteiger partial charge in [0.05, 0.1) is 20.6 Å². The summed E-state index contributed by atoms with van der Waals surface area (Å²) in [5.41, 5.74) is 1.64. The second-order valence-corrected chi connectivity index (χ2v) is 9.11. The minimum atomic E-state index is -1.15. The third-order valence-electron chi connectivity index (χ3n) is 4.81. The topological polar surface area (TPSA) is 87.5 Å². The van der Waals surface area contributed by atoms with E-state index in [0.29, 0.717) is 16.5 Å². The number of nitrogens with zero attached hydrogens (tertiary/aromatic N) is 1. The molecule has 26 heavy (non-hydrogen) atoms. The number of halogens is 1. The lowest BCUT2D eigenvalue weighted by Crippen LogP contribution is -2.10. The van der Waals surface area contributed by atoms with Crippen LogP contribution in [0.5, 0.6) is 0 Å². The smallest absolute Gasteiger partial charge is 0.336 e. The Kier molecular flexibility index (Phi) is 5.77. The number of benzene rings is 1. The summed E-state index contributed by atoms with van der Waals surface area (Å²) in [5, 5.41) is 19.6. The molecule has 0 bridgehead atoms. The van der Waals surface area contributed by atoms with Crippen LogP contribution in [0.25, 0.3) is 10.6 Å². The molecule has 0 amide bonds. The molecule has 0 aliphatic heterocycles. The van der Waals surface area contributed by atoms with Crippen LogP contribution in [0.2, 0.25) is 0 Å². The first-order valence-electron chi connectivity index (χ1n) is 8.63. The Morgan fingerprint density at radius 2 is 1.73 bits per heavy atom. The first-order valence-corrected chi connectivity index (χ1v) is 10.2. The van der Waals surface area contributed by atoms with E-state index < -0.39 is 11.9 Å². The number of aromatic nitrogens is 1. The summed E-state index contributed by atoms with van der Waals surface area (Å²) in [6.07, 6.45) is 6.98. The molecule has 1 heterocycles. The molecular weight excluding hydrogens is 418 g/mol. The zero-order valence-electron chi connectivity index (χ0n) is 14.4. The van der Waals surface area contributed by atoms with Crippen molar-refractivity contribution in [2.75, 3.05) is 0 Å². The van der Waals surface area contributed by atoms with Crippen LogP contribution >= 0.6 is 27.3 Å². The quantitative estimate of drug-likeness (QED) is 0.653. The minimum Gasteiger partial charge on any atom is -0.478 e. The first-order chi connectivity index (χ1) is 12.4. The Morgan fingerprint density at radius 3 is 2.27 bits per heavy atom. The number of carboxylic acids is 2. The molecule has 1 aromatic heterocycles. The van der Waals surface area contributed by atoms with E-state index in [-0.39, 0.29) is 16.7 Å². The van der Waals surface area contributed by atoms with E-state index in [1.54, 1.807) is 6.92 Å². The summed E-state index contributed by atoms with van der Waals surface area (Å²) in [4.78, 5) is 28.0. The summed E-state index contributed by atoms with van der Waals surface area (Å²) in [6.45, 7) is 1.69. The van der Waals surface area contributed by atoms with Gasteiger partial charge in [-0.3, -0.25) is 0 Å². The fourth-order valence-electron chi connectivity index (χ4n) is 3.58. The number of aromatic carboxylic acids is 2. The number of hydrogen-bond donors (Lipinski definition) is 2. The van der Waals surface area contributed by atoms with Crippen molar-refractivity contribution < 1.29 is 19.8 Å². The minimum absolute atomic E-state index is 0.0205. The van der Waals surface area contributed by atoms with Gasteiger partial charge in [-0.1, -0.05) is 32.1 Å². The van der Waals surface area contributed by atoms with E-state index in [9.17, 15) is 19.8 Å². The van der Waals surface area contributed by atoms with Gasteiger partial charge in [0.1, 0.15) is 5.01 Å². The highest BCUT2D eigenvalue weighted by Gasteiger charge is 2.25. The molecule has 2 aromatic rings. The molecule has 1 aliphatic carbocycles. The highest BCUT2D eigenvalue weighted by molar-refractivity contribution is 9.11. The van der Waals surface area contributed by atoms with Crippen LogP contribution in [-0.4, -0.2) is 27.1 Å². The standard InChI is InChI=1S/C19H20BrNO4S/c1-10-7-12(18(22)23)15(13(8-10)19(24)25)17-21-14(16(20)26-17)9-11-5-3-2-4-6-11/h7-8,11H,2-6,9H2,1H3,(H,22,23)(H,24,25). The fraction of sp³-hybridized carbons (Fsp3) is 0.421. The normalized spacial score (nSPS) is 15.2. The highest BCUT2D eigenvalue weighted by atomic mass is 79.9. The maximum Gasteiger partial charge on any atom is 0.336 e. The van der Waals surface area contributed by atoms with E-state index in [1.165, 1.54) is 55.6 Å². The van der Waals surface area contributed by atoms with Gasteiger partial charge in [-0.05, 0) is 52.9 Å². The average molecular weight is 438 g/mol. The van der Waals surface area contributed by atoms with E-state index in [4.69, 9.17) is 0 Å². The highest BCUT2D eigenvalue weighted by Crippen LogP contribution is 2.38. The van der Waals surface area contributed by atoms with Gasteiger partial charge in [-0.2, -0.15) is 0 Å². The van der Waals surface area contributed by atoms with Crippen molar-refractivity contribution in [3.8, 4) is 10.6 Å². The van der Waals surface area contributed by atoms with Crippen LogP contribution in [-0.2, 0) is 6.42 Å². The molecule has 3 rings (SSSR count). The van der Waals surface area contributed by atoms with E-state index in [1.807, 2.05) is 0 Å². The van der Waals surface area contributed by atoms with Gasteiger partial charge in [-0.25, -0.2) is 14.6 Å². The molecule has 1 fully saturated rings. The maximum atomic E-state index is 11.7. The Morgan fingerprint density at radius 1 is 1.15 bits per heavy atom. The van der Waals surface area contributed by atoms with Gasteiger partial charge < -0.3 is 10.2 Å². The number of rotatable bonds is 5. The Bertz CT molecular complexity index is 820. The van der Waals surface area contributed by atoms with Crippen molar-refractivity contribution >= 4 is 39.2 Å². The second kappa shape index (κ2) is 7.88. The van der Waals surface area contributed by atoms with Crippen LogP contribution in [0, 0.1) is 12.8 Å². The first kappa shape index (κ1) is 19.0. The van der Waals surface area contributed by atoms with Gasteiger partial charge in [-0.15, -0.1) is 11.3 Å². The average Bonchev–Trinajstić information content (AvgIpc) is 2.95. The molecule has 0 spiro atoms. The third kappa shape index (κ3) is 3.99. The van der Waals surface area contributed by atoms with E-state index in [2.05, 4.69) is 20.9 Å². The number of hydrogen-bond acceptors (Lipinski definition) is 4. The molecule has 0 radical (unpaired) electrons. The zero-order chi connectivity index (χ0) is 18.8. The van der Waals surface area contributed by atoms with Crippen LogP contribution < -0.4 is 0 Å². The molecule has 0 saturated heterocycles. The number of carboxylic acid groups (broad SMARTS) is 2. The number of carbonyl (C=O) groups is 2. The zero-order valence-corrected chi connectivity index (χ0v) is 16.8. The van der Waals surface area contributed by atoms with Crippen LogP contribution in [0.3, 0.4) is 0 Å². The summed E-state index contributed by atoms with van der Waals surface area (Å²) < 4.78 is 0.853. The molecule has 0 atom stereocenters. The predicted octanol–water partition coefficient (Wildman–Crippen LogP) is 5.40. The Hall–Kier alpha value is -1.73. The molecular formula is C19H20BrNO4S. The van der Waals surface area contributed by atoms with Crippen molar-refractivity contribution in [2.45, 2.75) is 45.4 Å². The Labute approximate surface area is 164 Å². The lowest BCUT2D eigenvalue weighted by atomic mass is 9.86. The molecule has 1 aliphatic rings. The van der Waals surface area contributed by atoms with Crippen LogP contribution in [0.4, 0.5) is 0 Å². The molecule has 5 nitrogen and oxygen atoms in total. The largest absolute Gasteiger partial charge is 0.478 e. The molecule has 1 saturated carbocycles. The fourth-order valence-corrected chi connectivity index (χ4v) is 5.19. The lowest BCUT2D eigenvalue weighted by molar-refractivity contribution is 0.0696. The Balaban J connectivity index is 2.05. The van der Waals surface area contributed by atoms with Crippen LogP contribution in [0.15, 0.2) is 15.9 Å². The molecule has 0 unspecified atom stereocenters. The predicted molar refractivity (Wildman–Crippen MR) is 104 cm³/mol. The number of thiazole rings is 1. The van der Waals surface area contributed by atoms with Gasteiger partial charge in [0.2, 0.25) is 0 Å². The molecule has 138 valence electrons. The number of aryl methyl sites for hydroxylation is 1. The second-order valence-electron chi connectivity index (χ2n) is 6.79. The van der Waals surface area contributed by atoms with Crippen molar-refractivity contribution in [2.24, 2.45) is 5.92 Å². The van der Waals surface area contributed by atoms with E-state index in [0.717, 1.165) is 15.9 Å². The SMILES string of the molecule is Cc1cc(C(=O)O)c(-c2nc(CC3CCCCC3)c(Br)s2)c(C(=O)O)c1. The summed E-state index contributed by atoms with van der Waals surface area (Å²) in [7, 11) is 0. The van der Waals surface area contributed by atoms with Crippen molar-refractivity contribution in [1.82, 2.24) is 4.98 Å². The third-order valence-corrected chi connectivity index (χ3v) is 6.66. The molecule has 7 heteroatoms. The summed E-state index contributed by atoms with van der Waals surface area (Å²) in [5.74, 6) is -1.70. The summed E-state index contributed by atoms with van der Waals surface area (Å²) in [6, 6.07) is 3.00.